The summed E-state index contributed by atoms with van der Waals surface area (Å²) in [6.07, 6.45) is 0. The lowest BCUT2D eigenvalue weighted by Gasteiger charge is -2.20. The molecule has 5 nitrogen and oxygen atoms in total. The lowest BCUT2D eigenvalue weighted by molar-refractivity contribution is 1.15. The summed E-state index contributed by atoms with van der Waals surface area (Å²) >= 11 is 0. The molecule has 0 fully saturated rings. The minimum absolute atomic E-state index is 0.438. The van der Waals surface area contributed by atoms with E-state index in [-0.39, 0.29) is 0 Å². The molecule has 0 radical (unpaired) electrons. The Morgan fingerprint density at radius 2 is 0.766 bits per heavy atom. The maximum atomic E-state index is 10.8. The number of nitrogens with zero attached hydrogens (tertiary/aromatic N) is 5. The average Bonchev–Trinajstić information content (AvgIpc) is 3.89. The summed E-state index contributed by atoms with van der Waals surface area (Å²) in [5.74, 6) is 0.539. The Morgan fingerprint density at radius 1 is 0.344 bits per heavy atom. The maximum Gasteiger partial charge on any atom is 0.161 e. The van der Waals surface area contributed by atoms with E-state index in [1.54, 1.807) is 0 Å². The Hall–Kier alpha value is -8.85. The molecular weight excluding hydrogens is 779 g/mol. The van der Waals surface area contributed by atoms with Crippen LogP contribution in [-0.2, 0) is 0 Å². The van der Waals surface area contributed by atoms with Crippen LogP contribution in [0.5, 0.6) is 0 Å². The molecule has 0 saturated carbocycles. The zero-order chi connectivity index (χ0) is 42.6. The molecule has 0 amide bonds. The molecular formula is C59H37N5. The Kier molecular flexibility index (Phi) is 8.81. The van der Waals surface area contributed by atoms with Crippen molar-refractivity contribution in [3.05, 3.63) is 230 Å². The van der Waals surface area contributed by atoms with E-state index < -0.39 is 0 Å². The van der Waals surface area contributed by atoms with Crippen molar-refractivity contribution < 1.29 is 0 Å². The summed E-state index contributed by atoms with van der Waals surface area (Å²) < 4.78 is 4.81. The van der Waals surface area contributed by atoms with E-state index in [2.05, 4.69) is 173 Å². The SMILES string of the molecule is N#Cc1c(-c2ccccc2)nc(-c2cc(-c3ccccc3)c(-n3c4ccccc4c4cc(-n5c6ccccc6c6ccccc65)ccc43)cc2-c2ccccc2)nc1-c1ccccc1. The van der Waals surface area contributed by atoms with Gasteiger partial charge in [0.25, 0.3) is 0 Å². The molecule has 0 spiro atoms. The first-order chi connectivity index (χ1) is 31.7. The van der Waals surface area contributed by atoms with Gasteiger partial charge in [-0.05, 0) is 65.2 Å². The topological polar surface area (TPSA) is 59.4 Å². The van der Waals surface area contributed by atoms with Gasteiger partial charge in [-0.3, -0.25) is 0 Å². The number of hydrogen-bond donors (Lipinski definition) is 0. The monoisotopic (exact) mass is 815 g/mol. The third-order valence-electron chi connectivity index (χ3n) is 12.4. The second-order valence-electron chi connectivity index (χ2n) is 16.0. The highest BCUT2D eigenvalue weighted by molar-refractivity contribution is 6.13. The quantitative estimate of drug-likeness (QED) is 0.161. The van der Waals surface area contributed by atoms with Gasteiger partial charge in [0.05, 0.1) is 39.1 Å². The number of hydrogen-bond acceptors (Lipinski definition) is 3. The Morgan fingerprint density at radius 3 is 1.28 bits per heavy atom. The first-order valence-corrected chi connectivity index (χ1v) is 21.5. The fourth-order valence-electron chi connectivity index (χ4n) is 9.52. The Bertz CT molecular complexity index is 3650. The predicted octanol–water partition coefficient (Wildman–Crippen LogP) is 14.9. The zero-order valence-corrected chi connectivity index (χ0v) is 34.6. The molecule has 0 N–H and O–H groups in total. The highest BCUT2D eigenvalue weighted by Gasteiger charge is 2.24. The van der Waals surface area contributed by atoms with Crippen LogP contribution in [-0.4, -0.2) is 19.1 Å². The third kappa shape index (κ3) is 6.00. The van der Waals surface area contributed by atoms with Gasteiger partial charge in [-0.1, -0.05) is 176 Å². The van der Waals surface area contributed by atoms with Gasteiger partial charge in [0, 0.05) is 49.5 Å². The van der Waals surface area contributed by atoms with Crippen molar-refractivity contribution >= 4 is 43.6 Å². The van der Waals surface area contributed by atoms with Gasteiger partial charge in [-0.2, -0.15) is 5.26 Å². The number of para-hydroxylation sites is 3. The standard InChI is InChI=1S/C59H37N5/c60-38-51-57(41-23-9-3-10-24-41)61-59(62-58(51)42-25-11-4-12-26-42)50-36-48(40-21-7-2-8-22-40)56(37-47(50)39-19-5-1-6-20-39)64-54-32-18-15-29-46(54)49-35-43(33-34-55(49)64)63-52-30-16-13-27-44(52)45-28-14-17-31-53(45)63/h1-37H. The molecule has 3 heterocycles. The molecule has 0 atom stereocenters. The van der Waals surface area contributed by atoms with Crippen LogP contribution in [0, 0.1) is 11.3 Å². The van der Waals surface area contributed by atoms with Crippen LogP contribution in [0.3, 0.4) is 0 Å². The predicted molar refractivity (Wildman–Crippen MR) is 263 cm³/mol. The highest BCUT2D eigenvalue weighted by Crippen LogP contribution is 2.44. The average molecular weight is 816 g/mol. The van der Waals surface area contributed by atoms with Crippen LogP contribution in [0.4, 0.5) is 0 Å². The van der Waals surface area contributed by atoms with Crippen molar-refractivity contribution in [3.8, 4) is 73.6 Å². The molecule has 0 unspecified atom stereocenters. The number of aromatic nitrogens is 4. The molecule has 3 aromatic heterocycles. The van der Waals surface area contributed by atoms with Gasteiger partial charge >= 0.3 is 0 Å². The molecule has 0 aliphatic rings. The van der Waals surface area contributed by atoms with Gasteiger partial charge in [-0.15, -0.1) is 0 Å². The minimum Gasteiger partial charge on any atom is -0.309 e. The van der Waals surface area contributed by atoms with Crippen LogP contribution in [0.1, 0.15) is 5.56 Å². The van der Waals surface area contributed by atoms with Crippen molar-refractivity contribution in [3.63, 3.8) is 0 Å². The molecule has 298 valence electrons. The first-order valence-electron chi connectivity index (χ1n) is 21.5. The second-order valence-corrected chi connectivity index (χ2v) is 16.0. The first kappa shape index (κ1) is 37.0. The van der Waals surface area contributed by atoms with Crippen molar-refractivity contribution in [2.24, 2.45) is 0 Å². The maximum absolute atomic E-state index is 10.8. The molecule has 64 heavy (non-hydrogen) atoms. The van der Waals surface area contributed by atoms with E-state index in [0.717, 1.165) is 66.7 Å². The number of benzene rings is 9. The summed E-state index contributed by atoms with van der Waals surface area (Å²) in [6, 6.07) is 81.0. The minimum atomic E-state index is 0.438. The van der Waals surface area contributed by atoms with E-state index in [0.29, 0.717) is 22.8 Å². The van der Waals surface area contributed by atoms with E-state index >= 15 is 0 Å². The lowest BCUT2D eigenvalue weighted by atomic mass is 9.92. The van der Waals surface area contributed by atoms with Gasteiger partial charge in [0.2, 0.25) is 0 Å². The van der Waals surface area contributed by atoms with Gasteiger partial charge in [-0.25, -0.2) is 9.97 Å². The van der Waals surface area contributed by atoms with Crippen molar-refractivity contribution in [1.29, 1.82) is 5.26 Å². The second kappa shape index (κ2) is 15.3. The van der Waals surface area contributed by atoms with Crippen LogP contribution in [0.25, 0.3) is 111 Å². The van der Waals surface area contributed by atoms with Crippen molar-refractivity contribution in [2.75, 3.05) is 0 Å². The van der Waals surface area contributed by atoms with Gasteiger partial charge in [0.1, 0.15) is 11.6 Å². The summed E-state index contributed by atoms with van der Waals surface area (Å²) in [7, 11) is 0. The summed E-state index contributed by atoms with van der Waals surface area (Å²) in [6.45, 7) is 0. The molecule has 5 heteroatoms. The normalized spacial score (nSPS) is 11.4. The Labute approximate surface area is 370 Å². The number of nitriles is 1. The number of fused-ring (bicyclic) bond motifs is 6. The van der Waals surface area contributed by atoms with Crippen LogP contribution in [0.15, 0.2) is 224 Å². The smallest absolute Gasteiger partial charge is 0.161 e. The molecule has 0 bridgehead atoms. The lowest BCUT2D eigenvalue weighted by Crippen LogP contribution is -2.04. The largest absolute Gasteiger partial charge is 0.309 e. The molecule has 12 rings (SSSR count). The van der Waals surface area contributed by atoms with E-state index in [1.807, 2.05) is 66.7 Å². The van der Waals surface area contributed by atoms with Crippen LogP contribution >= 0.6 is 0 Å². The third-order valence-corrected chi connectivity index (χ3v) is 12.4. The van der Waals surface area contributed by atoms with E-state index in [4.69, 9.17) is 9.97 Å². The number of rotatable bonds is 7. The van der Waals surface area contributed by atoms with Crippen molar-refractivity contribution in [1.82, 2.24) is 19.1 Å². The highest BCUT2D eigenvalue weighted by atomic mass is 15.0. The molecule has 12 aromatic rings. The molecule has 0 aliphatic carbocycles. The fourth-order valence-corrected chi connectivity index (χ4v) is 9.52. The summed E-state index contributed by atoms with van der Waals surface area (Å²) in [4.78, 5) is 10.6. The Balaban J connectivity index is 1.16. The molecule has 9 aromatic carbocycles. The van der Waals surface area contributed by atoms with E-state index in [9.17, 15) is 5.26 Å². The summed E-state index contributed by atoms with van der Waals surface area (Å²) in [5.41, 5.74) is 15.0. The van der Waals surface area contributed by atoms with Crippen LogP contribution in [0.2, 0.25) is 0 Å². The van der Waals surface area contributed by atoms with Crippen LogP contribution < -0.4 is 0 Å². The van der Waals surface area contributed by atoms with Crippen molar-refractivity contribution in [2.45, 2.75) is 0 Å². The fraction of sp³-hybridized carbons (Fsp3) is 0. The van der Waals surface area contributed by atoms with Gasteiger partial charge in [0.15, 0.2) is 5.82 Å². The summed E-state index contributed by atoms with van der Waals surface area (Å²) in [5, 5.41) is 15.6. The van der Waals surface area contributed by atoms with Gasteiger partial charge < -0.3 is 9.13 Å². The van der Waals surface area contributed by atoms with E-state index in [1.165, 1.54) is 27.2 Å². The molecule has 0 aliphatic heterocycles. The zero-order valence-electron chi connectivity index (χ0n) is 34.6. The molecule has 0 saturated heterocycles.